The van der Waals surface area contributed by atoms with Crippen molar-refractivity contribution in [1.82, 2.24) is 5.32 Å². The number of carbonyl (C=O) groups is 2. The van der Waals surface area contributed by atoms with E-state index in [0.717, 1.165) is 6.42 Å². The first kappa shape index (κ1) is 17.5. The van der Waals surface area contributed by atoms with Gasteiger partial charge in [-0.25, -0.2) is 0 Å². The van der Waals surface area contributed by atoms with Gasteiger partial charge in [-0.15, -0.1) is 0 Å². The summed E-state index contributed by atoms with van der Waals surface area (Å²) in [5.74, 6) is 0.642. The smallest absolute Gasteiger partial charge is 0.241 e. The van der Waals surface area contributed by atoms with Gasteiger partial charge in [-0.05, 0) is 42.2 Å². The summed E-state index contributed by atoms with van der Waals surface area (Å²) >= 11 is 0. The van der Waals surface area contributed by atoms with Crippen LogP contribution in [0.2, 0.25) is 0 Å². The molecule has 0 aromatic heterocycles. The Morgan fingerprint density at radius 2 is 2.04 bits per heavy atom. The van der Waals surface area contributed by atoms with E-state index in [1.165, 1.54) is 11.1 Å². The number of nitrogens with one attached hydrogen (secondary N) is 2. The normalized spacial score (nSPS) is 18.9. The Labute approximate surface area is 158 Å². The van der Waals surface area contributed by atoms with Gasteiger partial charge >= 0.3 is 0 Å². The van der Waals surface area contributed by atoms with Crippen LogP contribution in [0.25, 0.3) is 0 Å². The first-order valence-electron chi connectivity index (χ1n) is 9.25. The van der Waals surface area contributed by atoms with Crippen LogP contribution in [0.1, 0.15) is 24.0 Å². The highest BCUT2D eigenvalue weighted by molar-refractivity contribution is 5.99. The zero-order valence-electron chi connectivity index (χ0n) is 15.3. The molecule has 0 aliphatic carbocycles. The van der Waals surface area contributed by atoms with E-state index in [1.807, 2.05) is 18.2 Å². The van der Waals surface area contributed by atoms with Gasteiger partial charge in [0.15, 0.2) is 0 Å². The molecule has 2 aliphatic rings. The molecule has 1 atom stereocenters. The van der Waals surface area contributed by atoms with Gasteiger partial charge in [0.25, 0.3) is 0 Å². The first-order valence-corrected chi connectivity index (χ1v) is 9.25. The second kappa shape index (κ2) is 7.40. The Morgan fingerprint density at radius 3 is 2.78 bits per heavy atom. The molecule has 0 spiro atoms. The second-order valence-electron chi connectivity index (χ2n) is 6.93. The van der Waals surface area contributed by atoms with Crippen molar-refractivity contribution in [3.05, 3.63) is 53.6 Å². The molecule has 0 bridgehead atoms. The number of hydrogen-bond acceptors (Lipinski definition) is 4. The Bertz CT molecular complexity index is 881. The van der Waals surface area contributed by atoms with Gasteiger partial charge in [0, 0.05) is 25.2 Å². The maximum absolute atomic E-state index is 12.7. The van der Waals surface area contributed by atoms with E-state index in [0.29, 0.717) is 43.1 Å². The van der Waals surface area contributed by atoms with E-state index in [4.69, 9.17) is 4.74 Å². The molecule has 140 valence electrons. The lowest BCUT2D eigenvalue weighted by molar-refractivity contribution is -0.118. The zero-order chi connectivity index (χ0) is 18.8. The summed E-state index contributed by atoms with van der Waals surface area (Å²) in [5.41, 5.74) is 3.81. The lowest BCUT2D eigenvalue weighted by Gasteiger charge is -2.25. The van der Waals surface area contributed by atoms with E-state index < -0.39 is 0 Å². The number of ether oxygens (including phenoxy) is 1. The van der Waals surface area contributed by atoms with Gasteiger partial charge in [-0.2, -0.15) is 0 Å². The molecule has 1 saturated heterocycles. The summed E-state index contributed by atoms with van der Waals surface area (Å²) in [4.78, 5) is 26.6. The zero-order valence-corrected chi connectivity index (χ0v) is 15.3. The highest BCUT2D eigenvalue weighted by atomic mass is 16.5. The van der Waals surface area contributed by atoms with Crippen LogP contribution in [-0.2, 0) is 22.6 Å². The maximum atomic E-state index is 12.7. The molecule has 2 aromatic rings. The number of hydrogen-bond donors (Lipinski definition) is 2. The van der Waals surface area contributed by atoms with Crippen LogP contribution in [-0.4, -0.2) is 31.5 Å². The number of anilines is 2. The third-order valence-corrected chi connectivity index (χ3v) is 5.21. The van der Waals surface area contributed by atoms with Crippen molar-refractivity contribution in [2.24, 2.45) is 0 Å². The van der Waals surface area contributed by atoms with Gasteiger partial charge < -0.3 is 20.3 Å². The van der Waals surface area contributed by atoms with Gasteiger partial charge in [0.2, 0.25) is 11.8 Å². The van der Waals surface area contributed by atoms with Crippen molar-refractivity contribution in [2.75, 3.05) is 23.9 Å². The Balaban J connectivity index is 1.51. The predicted octanol–water partition coefficient (Wildman–Crippen LogP) is 2.48. The molecule has 4 rings (SSSR count). The average Bonchev–Trinajstić information content (AvgIpc) is 3.13. The van der Waals surface area contributed by atoms with Crippen molar-refractivity contribution >= 4 is 23.2 Å². The fraction of sp³-hybridized carbons (Fsp3) is 0.333. The molecular weight excluding hydrogens is 342 g/mol. The predicted molar refractivity (Wildman–Crippen MR) is 104 cm³/mol. The molecule has 2 amide bonds. The Hall–Kier alpha value is -2.86. The summed E-state index contributed by atoms with van der Waals surface area (Å²) in [6, 6.07) is 13.3. The summed E-state index contributed by atoms with van der Waals surface area (Å²) in [6.45, 7) is 1.36. The largest absolute Gasteiger partial charge is 0.495 e. The number of methoxy groups -OCH3 is 1. The maximum Gasteiger partial charge on any atom is 0.241 e. The molecule has 6 heteroatoms. The SMILES string of the molecule is COc1ccc(NC(=O)C2Cc3ccccc3CN2)cc1N1CCCC1=O. The van der Waals surface area contributed by atoms with Crippen LogP contribution in [0, 0.1) is 0 Å². The monoisotopic (exact) mass is 365 g/mol. The quantitative estimate of drug-likeness (QED) is 0.873. The standard InChI is InChI=1S/C21H23N3O3/c1-27-19-9-8-16(12-18(19)24-10-4-7-20(24)25)23-21(26)17-11-14-5-2-3-6-15(14)13-22-17/h2-3,5-6,8-9,12,17,22H,4,7,10-11,13H2,1H3,(H,23,26). The van der Waals surface area contributed by atoms with E-state index in [1.54, 1.807) is 24.1 Å². The summed E-state index contributed by atoms with van der Waals surface area (Å²) < 4.78 is 5.40. The van der Waals surface area contributed by atoms with Gasteiger partial charge in [-0.3, -0.25) is 9.59 Å². The minimum atomic E-state index is -0.279. The number of carbonyl (C=O) groups excluding carboxylic acids is 2. The van der Waals surface area contributed by atoms with Crippen molar-refractivity contribution in [3.63, 3.8) is 0 Å². The molecule has 0 radical (unpaired) electrons. The van der Waals surface area contributed by atoms with Gasteiger partial charge in [0.05, 0.1) is 18.8 Å². The van der Waals surface area contributed by atoms with Gasteiger partial charge in [-0.1, -0.05) is 24.3 Å². The number of rotatable bonds is 4. The first-order chi connectivity index (χ1) is 13.2. The second-order valence-corrected chi connectivity index (χ2v) is 6.93. The molecule has 2 N–H and O–H groups in total. The van der Waals surface area contributed by atoms with E-state index >= 15 is 0 Å². The highest BCUT2D eigenvalue weighted by Crippen LogP contribution is 2.34. The molecular formula is C21H23N3O3. The third kappa shape index (κ3) is 3.53. The van der Waals surface area contributed by atoms with Crippen LogP contribution in [0.4, 0.5) is 11.4 Å². The number of nitrogens with zero attached hydrogens (tertiary/aromatic N) is 1. The molecule has 2 heterocycles. The van der Waals surface area contributed by atoms with E-state index in [2.05, 4.69) is 22.8 Å². The molecule has 2 aliphatic heterocycles. The molecule has 1 fully saturated rings. The van der Waals surface area contributed by atoms with Crippen LogP contribution >= 0.6 is 0 Å². The minimum absolute atomic E-state index is 0.0756. The third-order valence-electron chi connectivity index (χ3n) is 5.21. The molecule has 27 heavy (non-hydrogen) atoms. The average molecular weight is 365 g/mol. The molecule has 2 aromatic carbocycles. The fourth-order valence-electron chi connectivity index (χ4n) is 3.75. The van der Waals surface area contributed by atoms with Crippen LogP contribution in [0.5, 0.6) is 5.75 Å². The van der Waals surface area contributed by atoms with Crippen molar-refractivity contribution in [2.45, 2.75) is 31.8 Å². The van der Waals surface area contributed by atoms with Gasteiger partial charge in [0.1, 0.15) is 5.75 Å². The number of fused-ring (bicyclic) bond motifs is 1. The van der Waals surface area contributed by atoms with Crippen molar-refractivity contribution < 1.29 is 14.3 Å². The van der Waals surface area contributed by atoms with Crippen LogP contribution < -0.4 is 20.3 Å². The minimum Gasteiger partial charge on any atom is -0.495 e. The Kier molecular flexibility index (Phi) is 4.81. The van der Waals surface area contributed by atoms with Crippen LogP contribution in [0.15, 0.2) is 42.5 Å². The number of amides is 2. The summed E-state index contributed by atoms with van der Waals surface area (Å²) in [6.07, 6.45) is 2.05. The summed E-state index contributed by atoms with van der Waals surface area (Å²) in [5, 5.41) is 6.27. The van der Waals surface area contributed by atoms with E-state index in [9.17, 15) is 9.59 Å². The highest BCUT2D eigenvalue weighted by Gasteiger charge is 2.26. The van der Waals surface area contributed by atoms with Crippen molar-refractivity contribution in [1.29, 1.82) is 0 Å². The van der Waals surface area contributed by atoms with Crippen molar-refractivity contribution in [3.8, 4) is 5.75 Å². The Morgan fingerprint density at radius 1 is 1.22 bits per heavy atom. The van der Waals surface area contributed by atoms with E-state index in [-0.39, 0.29) is 17.9 Å². The van der Waals surface area contributed by atoms with Crippen LogP contribution in [0.3, 0.4) is 0 Å². The topological polar surface area (TPSA) is 70.7 Å². The molecule has 6 nitrogen and oxygen atoms in total. The fourth-order valence-corrected chi connectivity index (χ4v) is 3.75. The molecule has 0 saturated carbocycles. The molecule has 1 unspecified atom stereocenters. The summed E-state index contributed by atoms with van der Waals surface area (Å²) in [7, 11) is 1.58. The lowest BCUT2D eigenvalue weighted by atomic mass is 9.95. The number of benzene rings is 2. The lowest BCUT2D eigenvalue weighted by Crippen LogP contribution is -2.44.